The summed E-state index contributed by atoms with van der Waals surface area (Å²) in [5.74, 6) is -0.158. The minimum atomic E-state index is -0.553. The SMILES string of the molecule is CNC(C)=O.C[C@@H](c1ccccc1)C(N)C(=O)NCc1nccs1. The lowest BCUT2D eigenvalue weighted by Crippen LogP contribution is -2.43. The Morgan fingerprint density at radius 3 is 2.42 bits per heavy atom. The number of benzene rings is 1. The van der Waals surface area contributed by atoms with Crippen LogP contribution in [0.25, 0.3) is 0 Å². The Labute approximate surface area is 146 Å². The molecule has 130 valence electrons. The number of aromatic nitrogens is 1. The molecule has 1 aromatic heterocycles. The minimum Gasteiger partial charge on any atom is -0.359 e. The fourth-order valence-corrected chi connectivity index (χ4v) is 2.37. The van der Waals surface area contributed by atoms with Gasteiger partial charge in [-0.3, -0.25) is 9.59 Å². The first-order valence-corrected chi connectivity index (χ1v) is 8.48. The van der Waals surface area contributed by atoms with E-state index in [0.717, 1.165) is 10.6 Å². The van der Waals surface area contributed by atoms with Crippen molar-refractivity contribution in [2.45, 2.75) is 32.4 Å². The zero-order chi connectivity index (χ0) is 17.9. The van der Waals surface area contributed by atoms with E-state index in [2.05, 4.69) is 15.6 Å². The van der Waals surface area contributed by atoms with E-state index in [1.165, 1.54) is 18.3 Å². The van der Waals surface area contributed by atoms with Crippen molar-refractivity contribution in [2.75, 3.05) is 7.05 Å². The second-order valence-electron chi connectivity index (χ2n) is 5.17. The summed E-state index contributed by atoms with van der Waals surface area (Å²) in [6, 6.07) is 9.27. The van der Waals surface area contributed by atoms with E-state index >= 15 is 0 Å². The van der Waals surface area contributed by atoms with Crippen LogP contribution in [0.1, 0.15) is 30.3 Å². The number of nitrogens with zero attached hydrogens (tertiary/aromatic N) is 1. The van der Waals surface area contributed by atoms with Gasteiger partial charge in [0.15, 0.2) is 0 Å². The quantitative estimate of drug-likeness (QED) is 0.765. The Bertz CT molecular complexity index is 617. The maximum atomic E-state index is 12.0. The zero-order valence-electron chi connectivity index (χ0n) is 14.2. The summed E-state index contributed by atoms with van der Waals surface area (Å²) in [7, 11) is 1.60. The molecule has 2 rings (SSSR count). The fourth-order valence-electron chi connectivity index (χ4n) is 1.81. The van der Waals surface area contributed by atoms with Crippen LogP contribution in [0.5, 0.6) is 0 Å². The number of nitrogens with two attached hydrogens (primary N) is 1. The second kappa shape index (κ2) is 10.5. The van der Waals surface area contributed by atoms with Crippen LogP contribution in [-0.2, 0) is 16.1 Å². The largest absolute Gasteiger partial charge is 0.359 e. The molecule has 1 unspecified atom stereocenters. The van der Waals surface area contributed by atoms with Crippen molar-refractivity contribution < 1.29 is 9.59 Å². The molecule has 7 heteroatoms. The highest BCUT2D eigenvalue weighted by molar-refractivity contribution is 7.09. The third-order valence-electron chi connectivity index (χ3n) is 3.42. The molecule has 2 amide bonds. The molecule has 4 N–H and O–H groups in total. The molecular weight excluding hydrogens is 324 g/mol. The molecule has 0 spiro atoms. The van der Waals surface area contributed by atoms with E-state index < -0.39 is 6.04 Å². The van der Waals surface area contributed by atoms with Crippen molar-refractivity contribution in [1.29, 1.82) is 0 Å². The average Bonchev–Trinajstić information content (AvgIpc) is 3.13. The summed E-state index contributed by atoms with van der Waals surface area (Å²) in [4.78, 5) is 25.8. The molecule has 24 heavy (non-hydrogen) atoms. The van der Waals surface area contributed by atoms with Gasteiger partial charge >= 0.3 is 0 Å². The Morgan fingerprint density at radius 1 is 1.29 bits per heavy atom. The molecule has 0 radical (unpaired) electrons. The van der Waals surface area contributed by atoms with Crippen LogP contribution in [0, 0.1) is 0 Å². The first-order chi connectivity index (χ1) is 11.5. The van der Waals surface area contributed by atoms with Crippen molar-refractivity contribution >= 4 is 23.2 Å². The summed E-state index contributed by atoms with van der Waals surface area (Å²) in [5.41, 5.74) is 7.07. The topological polar surface area (TPSA) is 97.1 Å². The molecule has 0 saturated heterocycles. The summed E-state index contributed by atoms with van der Waals surface area (Å²) in [6.07, 6.45) is 1.72. The number of rotatable bonds is 5. The van der Waals surface area contributed by atoms with Gasteiger partial charge in [-0.15, -0.1) is 11.3 Å². The van der Waals surface area contributed by atoms with Crippen molar-refractivity contribution in [3.8, 4) is 0 Å². The average molecular weight is 348 g/mol. The van der Waals surface area contributed by atoms with Crippen LogP contribution < -0.4 is 16.4 Å². The molecule has 0 fully saturated rings. The van der Waals surface area contributed by atoms with Gasteiger partial charge in [0, 0.05) is 31.5 Å². The number of carbonyl (C=O) groups is 2. The van der Waals surface area contributed by atoms with E-state index in [0.29, 0.717) is 6.54 Å². The van der Waals surface area contributed by atoms with Crippen LogP contribution in [0.2, 0.25) is 0 Å². The maximum Gasteiger partial charge on any atom is 0.237 e. The zero-order valence-corrected chi connectivity index (χ0v) is 15.0. The van der Waals surface area contributed by atoms with Gasteiger partial charge in [-0.25, -0.2) is 4.98 Å². The predicted molar refractivity (Wildman–Crippen MR) is 96.5 cm³/mol. The van der Waals surface area contributed by atoms with Gasteiger partial charge in [0.2, 0.25) is 11.8 Å². The maximum absolute atomic E-state index is 12.0. The Morgan fingerprint density at radius 2 is 1.92 bits per heavy atom. The summed E-state index contributed by atoms with van der Waals surface area (Å²) in [6.45, 7) is 3.87. The lowest BCUT2D eigenvalue weighted by atomic mass is 9.93. The van der Waals surface area contributed by atoms with Gasteiger partial charge in [0.05, 0.1) is 12.6 Å². The molecule has 1 aromatic carbocycles. The van der Waals surface area contributed by atoms with Crippen molar-refractivity contribution in [1.82, 2.24) is 15.6 Å². The number of carbonyl (C=O) groups excluding carboxylic acids is 2. The number of thiazole rings is 1. The molecule has 0 aliphatic carbocycles. The van der Waals surface area contributed by atoms with E-state index in [1.807, 2.05) is 42.6 Å². The standard InChI is InChI=1S/C14H17N3OS.C3H7NO/c1-10(11-5-3-2-4-6-11)13(15)14(18)17-9-12-16-7-8-19-12;1-3(5)4-2/h2-8,10,13H,9,15H2,1H3,(H,17,18);1-2H3,(H,4,5)/t10-,13?;/m0./s1. The Balaban J connectivity index is 0.000000505. The summed E-state index contributed by atoms with van der Waals surface area (Å²) < 4.78 is 0. The lowest BCUT2D eigenvalue weighted by molar-refractivity contribution is -0.123. The Hall–Kier alpha value is -2.25. The van der Waals surface area contributed by atoms with Crippen molar-refractivity contribution in [3.63, 3.8) is 0 Å². The van der Waals surface area contributed by atoms with Gasteiger partial charge in [0.1, 0.15) is 5.01 Å². The first-order valence-electron chi connectivity index (χ1n) is 7.60. The molecule has 6 nitrogen and oxygen atoms in total. The molecule has 1 heterocycles. The van der Waals surface area contributed by atoms with E-state index in [1.54, 1.807) is 13.2 Å². The number of amides is 2. The van der Waals surface area contributed by atoms with Gasteiger partial charge < -0.3 is 16.4 Å². The molecule has 0 aliphatic rings. The molecular formula is C17H24N4O2S. The van der Waals surface area contributed by atoms with Gasteiger partial charge in [-0.1, -0.05) is 37.3 Å². The summed E-state index contributed by atoms with van der Waals surface area (Å²) >= 11 is 1.51. The predicted octanol–water partition coefficient (Wildman–Crippen LogP) is 1.64. The second-order valence-corrected chi connectivity index (χ2v) is 6.15. The van der Waals surface area contributed by atoms with Gasteiger partial charge in [-0.05, 0) is 5.56 Å². The highest BCUT2D eigenvalue weighted by atomic mass is 32.1. The third kappa shape index (κ3) is 6.89. The molecule has 0 saturated carbocycles. The van der Waals surface area contributed by atoms with Crippen LogP contribution in [-0.4, -0.2) is 29.9 Å². The third-order valence-corrected chi connectivity index (χ3v) is 4.20. The highest BCUT2D eigenvalue weighted by Crippen LogP contribution is 2.17. The first kappa shape index (κ1) is 19.8. The van der Waals surface area contributed by atoms with E-state index in [4.69, 9.17) is 5.73 Å². The van der Waals surface area contributed by atoms with Gasteiger partial charge in [-0.2, -0.15) is 0 Å². The smallest absolute Gasteiger partial charge is 0.237 e. The molecule has 0 bridgehead atoms. The van der Waals surface area contributed by atoms with Crippen LogP contribution in [0.4, 0.5) is 0 Å². The van der Waals surface area contributed by atoms with Crippen LogP contribution in [0.15, 0.2) is 41.9 Å². The van der Waals surface area contributed by atoms with Gasteiger partial charge in [0.25, 0.3) is 0 Å². The molecule has 2 atom stereocenters. The van der Waals surface area contributed by atoms with E-state index in [9.17, 15) is 9.59 Å². The van der Waals surface area contributed by atoms with Crippen LogP contribution in [0.3, 0.4) is 0 Å². The van der Waals surface area contributed by atoms with Crippen LogP contribution >= 0.6 is 11.3 Å². The normalized spacial score (nSPS) is 12.3. The number of hydrogen-bond acceptors (Lipinski definition) is 5. The molecule has 0 aliphatic heterocycles. The Kier molecular flexibility index (Phi) is 8.67. The van der Waals surface area contributed by atoms with Crippen molar-refractivity contribution in [3.05, 3.63) is 52.5 Å². The molecule has 2 aromatic rings. The summed E-state index contributed by atoms with van der Waals surface area (Å²) in [5, 5.41) is 7.97. The number of hydrogen-bond donors (Lipinski definition) is 3. The van der Waals surface area contributed by atoms with Crippen molar-refractivity contribution in [2.24, 2.45) is 5.73 Å². The highest BCUT2D eigenvalue weighted by Gasteiger charge is 2.21. The fraction of sp³-hybridized carbons (Fsp3) is 0.353. The monoisotopic (exact) mass is 348 g/mol. The number of nitrogens with one attached hydrogen (secondary N) is 2. The lowest BCUT2D eigenvalue weighted by Gasteiger charge is -2.19. The van der Waals surface area contributed by atoms with E-state index in [-0.39, 0.29) is 17.7 Å². The minimum absolute atomic E-state index is 0.00463.